The molecule has 5 nitrogen and oxygen atoms in total. The summed E-state index contributed by atoms with van der Waals surface area (Å²) in [5, 5.41) is 3.47. The van der Waals surface area contributed by atoms with E-state index in [4.69, 9.17) is 9.47 Å². The zero-order valence-corrected chi connectivity index (χ0v) is 15.4. The Bertz CT molecular complexity index is 673. The molecule has 6 heteroatoms. The van der Waals surface area contributed by atoms with Gasteiger partial charge in [-0.2, -0.15) is 0 Å². The van der Waals surface area contributed by atoms with Crippen molar-refractivity contribution < 1.29 is 14.3 Å². The minimum atomic E-state index is 0. The van der Waals surface area contributed by atoms with Gasteiger partial charge in [-0.1, -0.05) is 12.1 Å². The Balaban J connectivity index is 0.00000182. The number of ether oxygens (including phenoxy) is 2. The van der Waals surface area contributed by atoms with E-state index in [2.05, 4.69) is 5.32 Å². The van der Waals surface area contributed by atoms with Gasteiger partial charge in [-0.05, 0) is 43.4 Å². The molecule has 3 aliphatic rings. The fraction of sp³-hybridized carbons (Fsp3) is 0.526. The molecule has 136 valence electrons. The maximum Gasteiger partial charge on any atom is 0.253 e. The zero-order chi connectivity index (χ0) is 16.6. The maximum absolute atomic E-state index is 12.9. The van der Waals surface area contributed by atoms with Gasteiger partial charge in [-0.15, -0.1) is 12.4 Å². The van der Waals surface area contributed by atoms with Crippen LogP contribution in [-0.2, 0) is 4.79 Å². The Hall–Kier alpha value is -1.72. The van der Waals surface area contributed by atoms with Crippen LogP contribution in [0.2, 0.25) is 0 Å². The number of likely N-dealkylation sites (tertiary alicyclic amines) is 1. The van der Waals surface area contributed by atoms with Crippen molar-refractivity contribution >= 4 is 24.4 Å². The van der Waals surface area contributed by atoms with Crippen LogP contribution in [0.4, 0.5) is 0 Å². The Morgan fingerprint density at radius 2 is 2.08 bits per heavy atom. The lowest BCUT2D eigenvalue weighted by molar-refractivity contribution is -0.129. The second kappa shape index (κ2) is 7.26. The lowest BCUT2D eigenvalue weighted by Crippen LogP contribution is -2.45. The van der Waals surface area contributed by atoms with Crippen LogP contribution in [-0.4, -0.2) is 50.7 Å². The molecular weight excluding hydrogens is 340 g/mol. The number of piperidine rings is 1. The summed E-state index contributed by atoms with van der Waals surface area (Å²) in [4.78, 5) is 14.8. The Labute approximate surface area is 154 Å². The van der Waals surface area contributed by atoms with Crippen LogP contribution in [0.15, 0.2) is 23.8 Å². The van der Waals surface area contributed by atoms with E-state index in [1.54, 1.807) is 7.11 Å². The predicted octanol–water partition coefficient (Wildman–Crippen LogP) is 2.49. The van der Waals surface area contributed by atoms with Crippen LogP contribution in [0, 0.1) is 5.41 Å². The predicted molar refractivity (Wildman–Crippen MR) is 99.4 cm³/mol. The van der Waals surface area contributed by atoms with Crippen LogP contribution in [0.1, 0.15) is 24.8 Å². The molecule has 0 atom stereocenters. The van der Waals surface area contributed by atoms with E-state index < -0.39 is 0 Å². The summed E-state index contributed by atoms with van der Waals surface area (Å²) in [5.41, 5.74) is 2.07. The number of rotatable bonds is 2. The van der Waals surface area contributed by atoms with Crippen molar-refractivity contribution in [3.05, 3.63) is 29.3 Å². The summed E-state index contributed by atoms with van der Waals surface area (Å²) < 4.78 is 11.1. The van der Waals surface area contributed by atoms with Crippen LogP contribution < -0.4 is 14.8 Å². The quantitative estimate of drug-likeness (QED) is 0.876. The molecule has 1 spiro atoms. The van der Waals surface area contributed by atoms with Crippen LogP contribution in [0.3, 0.4) is 0 Å². The summed E-state index contributed by atoms with van der Waals surface area (Å²) in [6.45, 7) is 4.24. The zero-order valence-electron chi connectivity index (χ0n) is 14.5. The molecule has 0 bridgehead atoms. The standard InChI is InChI=1S/C19H24N2O3.ClH/c1-23-16-4-2-3-14-11-15(12-24-17(14)16)18(22)21-9-6-19(7-10-21)5-8-20-13-19;/h2-4,11,20H,5-10,12-13H2,1H3;1H. The number of para-hydroxylation sites is 1. The number of hydrogen-bond donors (Lipinski definition) is 1. The van der Waals surface area contributed by atoms with Gasteiger partial charge in [0, 0.05) is 25.2 Å². The summed E-state index contributed by atoms with van der Waals surface area (Å²) >= 11 is 0. The smallest absolute Gasteiger partial charge is 0.253 e. The van der Waals surface area contributed by atoms with Crippen molar-refractivity contribution in [1.29, 1.82) is 0 Å². The van der Waals surface area contributed by atoms with Crippen molar-refractivity contribution in [2.75, 3.05) is 39.9 Å². The third-order valence-electron chi connectivity index (χ3n) is 5.65. The monoisotopic (exact) mass is 364 g/mol. The minimum Gasteiger partial charge on any atom is -0.493 e. The maximum atomic E-state index is 12.9. The SMILES string of the molecule is COc1cccc2c1OCC(C(=O)N1CCC3(CCNC3)CC1)=C2.Cl. The number of amides is 1. The molecule has 1 aromatic rings. The number of fused-ring (bicyclic) bond motifs is 1. The summed E-state index contributed by atoms with van der Waals surface area (Å²) in [6, 6.07) is 5.75. The number of methoxy groups -OCH3 is 1. The Morgan fingerprint density at radius 3 is 2.76 bits per heavy atom. The van der Waals surface area contributed by atoms with E-state index >= 15 is 0 Å². The molecule has 1 amide bonds. The molecule has 3 aliphatic heterocycles. The van der Waals surface area contributed by atoms with E-state index in [1.807, 2.05) is 29.2 Å². The molecular formula is C19H25ClN2O3. The van der Waals surface area contributed by atoms with Gasteiger partial charge in [0.05, 0.1) is 12.7 Å². The van der Waals surface area contributed by atoms with Gasteiger partial charge >= 0.3 is 0 Å². The van der Waals surface area contributed by atoms with Crippen molar-refractivity contribution in [1.82, 2.24) is 10.2 Å². The third kappa shape index (κ3) is 3.35. The first-order valence-electron chi connectivity index (χ1n) is 8.71. The average molecular weight is 365 g/mol. The summed E-state index contributed by atoms with van der Waals surface area (Å²) in [6.07, 6.45) is 5.40. The van der Waals surface area contributed by atoms with Crippen LogP contribution in [0.5, 0.6) is 11.5 Å². The third-order valence-corrected chi connectivity index (χ3v) is 5.65. The molecule has 0 aliphatic carbocycles. The van der Waals surface area contributed by atoms with Crippen LogP contribution in [0.25, 0.3) is 6.08 Å². The van der Waals surface area contributed by atoms with E-state index in [9.17, 15) is 4.79 Å². The fourth-order valence-electron chi connectivity index (χ4n) is 4.07. The van der Waals surface area contributed by atoms with Gasteiger partial charge in [0.1, 0.15) is 6.61 Å². The number of benzene rings is 1. The number of hydrogen-bond acceptors (Lipinski definition) is 4. The first-order valence-corrected chi connectivity index (χ1v) is 8.71. The summed E-state index contributed by atoms with van der Waals surface area (Å²) in [7, 11) is 1.63. The van der Waals surface area contributed by atoms with Crippen molar-refractivity contribution in [2.24, 2.45) is 5.41 Å². The van der Waals surface area contributed by atoms with Crippen molar-refractivity contribution in [2.45, 2.75) is 19.3 Å². The van der Waals surface area contributed by atoms with Gasteiger partial charge in [0.25, 0.3) is 5.91 Å². The molecule has 0 aromatic heterocycles. The molecule has 2 fully saturated rings. The van der Waals surface area contributed by atoms with Crippen LogP contribution >= 0.6 is 12.4 Å². The molecule has 0 unspecified atom stereocenters. The second-order valence-electron chi connectivity index (χ2n) is 7.06. The van der Waals surface area contributed by atoms with E-state index in [0.717, 1.165) is 55.9 Å². The highest BCUT2D eigenvalue weighted by atomic mass is 35.5. The minimum absolute atomic E-state index is 0. The average Bonchev–Trinajstić information content (AvgIpc) is 3.08. The summed E-state index contributed by atoms with van der Waals surface area (Å²) in [5.74, 6) is 1.55. The van der Waals surface area contributed by atoms with Gasteiger partial charge < -0.3 is 19.7 Å². The lowest BCUT2D eigenvalue weighted by Gasteiger charge is -2.39. The number of nitrogens with zero attached hydrogens (tertiary/aromatic N) is 1. The van der Waals surface area contributed by atoms with Crippen molar-refractivity contribution in [3.8, 4) is 11.5 Å². The Kier molecular flexibility index (Phi) is 5.25. The molecule has 1 aromatic carbocycles. The van der Waals surface area contributed by atoms with E-state index in [0.29, 0.717) is 17.8 Å². The van der Waals surface area contributed by atoms with Crippen molar-refractivity contribution in [3.63, 3.8) is 0 Å². The number of carbonyl (C=O) groups is 1. The number of halogens is 1. The highest BCUT2D eigenvalue weighted by Crippen LogP contribution is 2.38. The normalized spacial score (nSPS) is 21.0. The van der Waals surface area contributed by atoms with Gasteiger partial charge in [0.15, 0.2) is 11.5 Å². The highest BCUT2D eigenvalue weighted by molar-refractivity contribution is 5.99. The molecule has 1 N–H and O–H groups in total. The van der Waals surface area contributed by atoms with E-state index in [1.165, 1.54) is 6.42 Å². The van der Waals surface area contributed by atoms with Gasteiger partial charge in [-0.25, -0.2) is 0 Å². The molecule has 0 radical (unpaired) electrons. The molecule has 25 heavy (non-hydrogen) atoms. The molecule has 4 rings (SSSR count). The number of nitrogens with one attached hydrogen (secondary N) is 1. The molecule has 2 saturated heterocycles. The number of carbonyl (C=O) groups excluding carboxylic acids is 1. The molecule has 3 heterocycles. The van der Waals surface area contributed by atoms with E-state index in [-0.39, 0.29) is 18.3 Å². The van der Waals surface area contributed by atoms with Gasteiger partial charge in [-0.3, -0.25) is 4.79 Å². The van der Waals surface area contributed by atoms with Gasteiger partial charge in [0.2, 0.25) is 0 Å². The first kappa shape index (κ1) is 18.1. The second-order valence-corrected chi connectivity index (χ2v) is 7.06. The largest absolute Gasteiger partial charge is 0.493 e. The fourth-order valence-corrected chi connectivity index (χ4v) is 4.07. The molecule has 0 saturated carbocycles. The Morgan fingerprint density at radius 1 is 1.28 bits per heavy atom. The first-order chi connectivity index (χ1) is 11.7. The topological polar surface area (TPSA) is 50.8 Å². The lowest BCUT2D eigenvalue weighted by atomic mass is 9.77. The highest BCUT2D eigenvalue weighted by Gasteiger charge is 2.38.